The molecule has 1 saturated heterocycles. The molecule has 5 rings (SSSR count). The Balaban J connectivity index is 1.56. The van der Waals surface area contributed by atoms with Crippen LogP contribution in [-0.2, 0) is 4.74 Å². The minimum Gasteiger partial charge on any atom is -0.461 e. The molecule has 0 aromatic carbocycles. The van der Waals surface area contributed by atoms with Gasteiger partial charge in [-0.3, -0.25) is 19.5 Å². The average Bonchev–Trinajstić information content (AvgIpc) is 3.15. The molecule has 1 aliphatic heterocycles. The van der Waals surface area contributed by atoms with Crippen molar-refractivity contribution in [3.63, 3.8) is 0 Å². The Kier molecular flexibility index (Phi) is 5.08. The first-order chi connectivity index (χ1) is 15.1. The monoisotopic (exact) mass is 437 g/mol. The van der Waals surface area contributed by atoms with Crippen molar-refractivity contribution in [2.75, 3.05) is 26.2 Å². The van der Waals surface area contributed by atoms with Crippen molar-refractivity contribution in [1.29, 1.82) is 0 Å². The Hall–Kier alpha value is -3.03. The number of halogens is 1. The number of rotatable bonds is 4. The number of piperidine rings is 1. The Bertz CT molecular complexity index is 1230. The number of carbonyl (C=O) groups is 3. The lowest BCUT2D eigenvalue weighted by Gasteiger charge is -2.25. The van der Waals surface area contributed by atoms with Crippen LogP contribution in [0.4, 0.5) is 0 Å². The smallest absolute Gasteiger partial charge is 0.341 e. The standard InChI is InChI=1S/C23H20ClN3O4/c24-15-7-5-11-27-19(15)17(23(30)31-13-12-26-9-2-1-3-10-26)16-20(27)22(29)18-14(21(16)28)6-4-8-25-18/h4-8,11H,1-3,9-10,12-13H2. The maximum atomic E-state index is 13.3. The fourth-order valence-electron chi connectivity index (χ4n) is 4.45. The third-order valence-corrected chi connectivity index (χ3v) is 6.22. The summed E-state index contributed by atoms with van der Waals surface area (Å²) in [6.07, 6.45) is 6.60. The second-order valence-corrected chi connectivity index (χ2v) is 8.18. The number of ketones is 2. The van der Waals surface area contributed by atoms with Crippen LogP contribution < -0.4 is 0 Å². The highest BCUT2D eigenvalue weighted by Gasteiger charge is 2.39. The predicted molar refractivity (Wildman–Crippen MR) is 114 cm³/mol. The highest BCUT2D eigenvalue weighted by molar-refractivity contribution is 6.37. The van der Waals surface area contributed by atoms with Crippen LogP contribution in [0.25, 0.3) is 5.52 Å². The van der Waals surface area contributed by atoms with E-state index in [2.05, 4.69) is 9.88 Å². The SMILES string of the molecule is O=C1c2cccnc2C(=O)c2c1c(C(=O)OCCN1CCCCC1)c1c(Cl)cccn21. The molecule has 1 aliphatic carbocycles. The van der Waals surface area contributed by atoms with E-state index in [0.717, 1.165) is 25.9 Å². The minimum atomic E-state index is -0.655. The van der Waals surface area contributed by atoms with Crippen LogP contribution in [0.1, 0.15) is 61.7 Å². The van der Waals surface area contributed by atoms with E-state index >= 15 is 0 Å². The molecule has 1 fully saturated rings. The fraction of sp³-hybridized carbons (Fsp3) is 0.304. The molecule has 3 aromatic rings. The molecule has 3 aromatic heterocycles. The van der Waals surface area contributed by atoms with Gasteiger partial charge in [-0.05, 0) is 50.2 Å². The fourth-order valence-corrected chi connectivity index (χ4v) is 4.71. The van der Waals surface area contributed by atoms with Crippen molar-refractivity contribution >= 4 is 34.7 Å². The van der Waals surface area contributed by atoms with Gasteiger partial charge in [0.05, 0.1) is 27.2 Å². The Morgan fingerprint density at radius 2 is 1.90 bits per heavy atom. The van der Waals surface area contributed by atoms with Gasteiger partial charge in [0.1, 0.15) is 18.0 Å². The molecule has 31 heavy (non-hydrogen) atoms. The Morgan fingerprint density at radius 3 is 2.71 bits per heavy atom. The lowest BCUT2D eigenvalue weighted by atomic mass is 9.89. The zero-order chi connectivity index (χ0) is 21.5. The van der Waals surface area contributed by atoms with Gasteiger partial charge in [0, 0.05) is 18.9 Å². The molecule has 0 unspecified atom stereocenters. The quantitative estimate of drug-likeness (QED) is 0.455. The first-order valence-electron chi connectivity index (χ1n) is 10.3. The van der Waals surface area contributed by atoms with Crippen molar-refractivity contribution in [2.24, 2.45) is 0 Å². The number of carbonyl (C=O) groups excluding carboxylic acids is 3. The van der Waals surface area contributed by atoms with Gasteiger partial charge in [-0.2, -0.15) is 0 Å². The molecule has 4 heterocycles. The van der Waals surface area contributed by atoms with Gasteiger partial charge in [-0.15, -0.1) is 0 Å². The van der Waals surface area contributed by atoms with Crippen LogP contribution in [0.15, 0.2) is 36.7 Å². The lowest BCUT2D eigenvalue weighted by molar-refractivity contribution is 0.0452. The number of pyridine rings is 2. The van der Waals surface area contributed by atoms with E-state index in [1.54, 1.807) is 30.5 Å². The van der Waals surface area contributed by atoms with E-state index in [4.69, 9.17) is 16.3 Å². The highest BCUT2D eigenvalue weighted by Crippen LogP contribution is 2.36. The predicted octanol–water partition coefficient (Wildman–Crippen LogP) is 3.41. The molecule has 0 N–H and O–H groups in total. The van der Waals surface area contributed by atoms with Crippen LogP contribution in [-0.4, -0.2) is 58.1 Å². The largest absolute Gasteiger partial charge is 0.461 e. The highest BCUT2D eigenvalue weighted by atomic mass is 35.5. The maximum Gasteiger partial charge on any atom is 0.341 e. The molecule has 0 spiro atoms. The van der Waals surface area contributed by atoms with Crippen molar-refractivity contribution in [3.8, 4) is 0 Å². The first kappa shape index (κ1) is 19.9. The van der Waals surface area contributed by atoms with E-state index in [0.29, 0.717) is 12.1 Å². The average molecular weight is 438 g/mol. The summed E-state index contributed by atoms with van der Waals surface area (Å²) in [6.45, 7) is 2.82. The molecule has 0 radical (unpaired) electrons. The lowest BCUT2D eigenvalue weighted by Crippen LogP contribution is -2.33. The number of nitrogens with zero attached hydrogens (tertiary/aromatic N) is 3. The molecular weight excluding hydrogens is 418 g/mol. The van der Waals surface area contributed by atoms with Crippen LogP contribution >= 0.6 is 11.6 Å². The van der Waals surface area contributed by atoms with Gasteiger partial charge in [-0.1, -0.05) is 18.0 Å². The number of fused-ring (bicyclic) bond motifs is 4. The van der Waals surface area contributed by atoms with E-state index < -0.39 is 17.5 Å². The van der Waals surface area contributed by atoms with E-state index in [1.807, 2.05) is 0 Å². The number of hydrogen-bond donors (Lipinski definition) is 0. The third-order valence-electron chi connectivity index (χ3n) is 5.91. The number of aromatic nitrogens is 2. The Morgan fingerprint density at radius 1 is 1.10 bits per heavy atom. The van der Waals surface area contributed by atoms with Crippen LogP contribution in [0.3, 0.4) is 0 Å². The summed E-state index contributed by atoms with van der Waals surface area (Å²) in [7, 11) is 0. The minimum absolute atomic E-state index is 0.0292. The summed E-state index contributed by atoms with van der Waals surface area (Å²) < 4.78 is 7.05. The zero-order valence-corrected chi connectivity index (χ0v) is 17.5. The summed E-state index contributed by atoms with van der Waals surface area (Å²) in [6, 6.07) is 6.41. The van der Waals surface area contributed by atoms with E-state index in [1.165, 1.54) is 17.0 Å². The van der Waals surface area contributed by atoms with Crippen LogP contribution in [0.5, 0.6) is 0 Å². The van der Waals surface area contributed by atoms with Crippen molar-refractivity contribution in [3.05, 3.63) is 69.8 Å². The van der Waals surface area contributed by atoms with Crippen molar-refractivity contribution in [1.82, 2.24) is 14.3 Å². The molecule has 0 amide bonds. The third kappa shape index (κ3) is 3.25. The molecule has 0 saturated carbocycles. The molecule has 0 atom stereocenters. The van der Waals surface area contributed by atoms with E-state index in [9.17, 15) is 14.4 Å². The van der Waals surface area contributed by atoms with Gasteiger partial charge in [-0.25, -0.2) is 4.79 Å². The van der Waals surface area contributed by atoms with Gasteiger partial charge >= 0.3 is 5.97 Å². The molecule has 8 heteroatoms. The second kappa shape index (κ2) is 7.90. The number of likely N-dealkylation sites (tertiary alicyclic amines) is 1. The van der Waals surface area contributed by atoms with Gasteiger partial charge in [0.2, 0.25) is 5.78 Å². The normalized spacial score (nSPS) is 16.3. The molecule has 2 aliphatic rings. The van der Waals surface area contributed by atoms with Crippen LogP contribution in [0.2, 0.25) is 5.02 Å². The summed E-state index contributed by atoms with van der Waals surface area (Å²) in [5.74, 6) is -1.51. The van der Waals surface area contributed by atoms with E-state index in [-0.39, 0.29) is 39.7 Å². The molecule has 0 bridgehead atoms. The summed E-state index contributed by atoms with van der Waals surface area (Å²) in [5.41, 5.74) is 0.704. The summed E-state index contributed by atoms with van der Waals surface area (Å²) in [4.78, 5) is 46.0. The summed E-state index contributed by atoms with van der Waals surface area (Å²) in [5, 5.41) is 0.262. The zero-order valence-electron chi connectivity index (χ0n) is 16.8. The number of hydrogen-bond acceptors (Lipinski definition) is 6. The molecular formula is C23H20ClN3O4. The number of ether oxygens (including phenoxy) is 1. The van der Waals surface area contributed by atoms with Crippen molar-refractivity contribution in [2.45, 2.75) is 19.3 Å². The van der Waals surface area contributed by atoms with Crippen molar-refractivity contribution < 1.29 is 19.1 Å². The second-order valence-electron chi connectivity index (χ2n) is 7.77. The molecule has 158 valence electrons. The topological polar surface area (TPSA) is 81.0 Å². The first-order valence-corrected chi connectivity index (χ1v) is 10.7. The van der Waals surface area contributed by atoms with Gasteiger partial charge < -0.3 is 9.14 Å². The van der Waals surface area contributed by atoms with Crippen LogP contribution in [0, 0.1) is 0 Å². The summed E-state index contributed by atoms with van der Waals surface area (Å²) >= 11 is 6.41. The molecule has 7 nitrogen and oxygen atoms in total. The van der Waals surface area contributed by atoms with Gasteiger partial charge in [0.15, 0.2) is 5.78 Å². The maximum absolute atomic E-state index is 13.3. The Labute approximate surface area is 183 Å². The number of esters is 1. The van der Waals surface area contributed by atoms with Gasteiger partial charge in [0.25, 0.3) is 0 Å².